The predicted molar refractivity (Wildman–Crippen MR) is 106 cm³/mol. The first kappa shape index (κ1) is 19.2. The monoisotopic (exact) mass is 384 g/mol. The van der Waals surface area contributed by atoms with Gasteiger partial charge in [0.15, 0.2) is 0 Å². The molecule has 5 nitrogen and oxygen atoms in total. The number of rotatable bonds is 6. The number of carbonyl (C=O) groups excluding carboxylic acids is 1. The number of aryl methyl sites for hydroxylation is 1. The average Bonchev–Trinajstić information content (AvgIpc) is 3.02. The van der Waals surface area contributed by atoms with Gasteiger partial charge in [0.25, 0.3) is 0 Å². The largest absolute Gasteiger partial charge is 0.342 e. The molecule has 0 fully saturated rings. The fraction of sp³-hybridized carbons (Fsp3) is 0.286. The molecule has 3 rings (SSSR count). The van der Waals surface area contributed by atoms with Crippen molar-refractivity contribution in [3.05, 3.63) is 60.3 Å². The van der Waals surface area contributed by atoms with E-state index in [1.807, 2.05) is 39.0 Å². The van der Waals surface area contributed by atoms with Gasteiger partial charge in [0.1, 0.15) is 6.54 Å². The van der Waals surface area contributed by atoms with E-state index < -0.39 is 9.84 Å². The van der Waals surface area contributed by atoms with Crippen molar-refractivity contribution in [2.75, 3.05) is 13.1 Å². The maximum absolute atomic E-state index is 13.2. The number of nitrogens with zero attached hydrogens (tertiary/aromatic N) is 2. The summed E-state index contributed by atoms with van der Waals surface area (Å²) in [6.45, 7) is 7.16. The molecule has 0 atom stereocenters. The average molecular weight is 385 g/mol. The molecule has 0 unspecified atom stereocenters. The summed E-state index contributed by atoms with van der Waals surface area (Å²) >= 11 is 0. The first-order valence-corrected chi connectivity index (χ1v) is 10.5. The fourth-order valence-electron chi connectivity index (χ4n) is 3.22. The van der Waals surface area contributed by atoms with Crippen LogP contribution in [0.2, 0.25) is 0 Å². The minimum absolute atomic E-state index is 0.0277. The van der Waals surface area contributed by atoms with Gasteiger partial charge >= 0.3 is 0 Å². The standard InChI is InChI=1S/C21H24N2O3S/c1-4-22(5-2)21(24)15-23-14-20(18-8-6-7-9-19(18)23)27(25,26)17-12-10-16(3)11-13-17/h6-14H,4-5,15H2,1-3H3. The third-order valence-electron chi connectivity index (χ3n) is 4.79. The third kappa shape index (κ3) is 3.62. The van der Waals surface area contributed by atoms with Crippen LogP contribution < -0.4 is 0 Å². The molecule has 0 aliphatic carbocycles. The Hall–Kier alpha value is -2.60. The van der Waals surface area contributed by atoms with E-state index in [2.05, 4.69) is 0 Å². The zero-order valence-corrected chi connectivity index (χ0v) is 16.7. The van der Waals surface area contributed by atoms with Crippen LogP contribution in [0.1, 0.15) is 19.4 Å². The maximum Gasteiger partial charge on any atom is 0.242 e. The summed E-state index contributed by atoms with van der Waals surface area (Å²) in [7, 11) is -3.67. The summed E-state index contributed by atoms with van der Waals surface area (Å²) in [4.78, 5) is 14.8. The summed E-state index contributed by atoms with van der Waals surface area (Å²) in [6.07, 6.45) is 1.58. The first-order valence-electron chi connectivity index (χ1n) is 9.05. The van der Waals surface area contributed by atoms with E-state index in [0.717, 1.165) is 11.1 Å². The smallest absolute Gasteiger partial charge is 0.242 e. The van der Waals surface area contributed by atoms with Crippen LogP contribution in [0.25, 0.3) is 10.9 Å². The fourth-order valence-corrected chi connectivity index (χ4v) is 4.70. The Kier molecular flexibility index (Phi) is 5.37. The Morgan fingerprint density at radius 2 is 1.63 bits per heavy atom. The lowest BCUT2D eigenvalue weighted by atomic mass is 10.2. The van der Waals surface area contributed by atoms with Crippen LogP contribution in [0, 0.1) is 6.92 Å². The predicted octanol–water partition coefficient (Wildman–Crippen LogP) is 3.65. The van der Waals surface area contributed by atoms with Crippen LogP contribution in [0.15, 0.2) is 64.5 Å². The molecule has 1 heterocycles. The summed E-state index contributed by atoms with van der Waals surface area (Å²) in [5, 5.41) is 0.630. The van der Waals surface area contributed by atoms with Gasteiger partial charge < -0.3 is 9.47 Å². The van der Waals surface area contributed by atoms with Gasteiger partial charge in [0, 0.05) is 30.2 Å². The van der Waals surface area contributed by atoms with Crippen molar-refractivity contribution in [3.63, 3.8) is 0 Å². The molecule has 0 bridgehead atoms. The van der Waals surface area contributed by atoms with Gasteiger partial charge in [-0.15, -0.1) is 0 Å². The van der Waals surface area contributed by atoms with E-state index in [1.54, 1.807) is 46.0 Å². The molecule has 6 heteroatoms. The van der Waals surface area contributed by atoms with Crippen LogP contribution in [-0.4, -0.2) is 36.9 Å². The zero-order valence-electron chi connectivity index (χ0n) is 15.8. The van der Waals surface area contributed by atoms with Gasteiger partial charge in [0.05, 0.1) is 9.79 Å². The quantitative estimate of drug-likeness (QED) is 0.652. The molecule has 0 N–H and O–H groups in total. The molecule has 1 amide bonds. The maximum atomic E-state index is 13.2. The number of fused-ring (bicyclic) bond motifs is 1. The van der Waals surface area contributed by atoms with Gasteiger partial charge in [-0.2, -0.15) is 0 Å². The van der Waals surface area contributed by atoms with Crippen molar-refractivity contribution in [2.24, 2.45) is 0 Å². The Morgan fingerprint density at radius 3 is 2.26 bits per heavy atom. The van der Waals surface area contributed by atoms with Crippen molar-refractivity contribution < 1.29 is 13.2 Å². The van der Waals surface area contributed by atoms with Gasteiger partial charge in [-0.25, -0.2) is 8.42 Å². The van der Waals surface area contributed by atoms with Crippen molar-refractivity contribution in [3.8, 4) is 0 Å². The molecule has 0 aliphatic rings. The number of sulfone groups is 1. The van der Waals surface area contributed by atoms with Gasteiger partial charge in [-0.05, 0) is 39.0 Å². The Balaban J connectivity index is 2.10. The van der Waals surface area contributed by atoms with E-state index in [9.17, 15) is 13.2 Å². The first-order chi connectivity index (χ1) is 12.9. The Morgan fingerprint density at radius 1 is 1.00 bits per heavy atom. The molecule has 3 aromatic rings. The van der Waals surface area contributed by atoms with E-state index >= 15 is 0 Å². The number of para-hydroxylation sites is 1. The third-order valence-corrected chi connectivity index (χ3v) is 6.59. The van der Waals surface area contributed by atoms with Gasteiger partial charge in [0.2, 0.25) is 15.7 Å². The zero-order chi connectivity index (χ0) is 19.6. The van der Waals surface area contributed by atoms with E-state index in [-0.39, 0.29) is 22.2 Å². The lowest BCUT2D eigenvalue weighted by molar-refractivity contribution is -0.131. The second-order valence-electron chi connectivity index (χ2n) is 6.52. The van der Waals surface area contributed by atoms with Crippen molar-refractivity contribution in [2.45, 2.75) is 37.1 Å². The molecule has 0 saturated carbocycles. The summed E-state index contributed by atoms with van der Waals surface area (Å²) in [6, 6.07) is 14.1. The summed E-state index contributed by atoms with van der Waals surface area (Å²) < 4.78 is 28.1. The number of hydrogen-bond donors (Lipinski definition) is 0. The number of benzene rings is 2. The van der Waals surface area contributed by atoms with Crippen molar-refractivity contribution in [1.82, 2.24) is 9.47 Å². The van der Waals surface area contributed by atoms with Crippen LogP contribution in [0.4, 0.5) is 0 Å². The van der Waals surface area contributed by atoms with Gasteiger partial charge in [-0.1, -0.05) is 35.9 Å². The normalized spacial score (nSPS) is 11.7. The van der Waals surface area contributed by atoms with Crippen LogP contribution in [0.5, 0.6) is 0 Å². The number of likely N-dealkylation sites (N-methyl/N-ethyl adjacent to an activating group) is 1. The van der Waals surface area contributed by atoms with Gasteiger partial charge in [-0.3, -0.25) is 4.79 Å². The van der Waals surface area contributed by atoms with Crippen LogP contribution in [-0.2, 0) is 21.2 Å². The topological polar surface area (TPSA) is 59.4 Å². The number of amides is 1. The SMILES string of the molecule is CCN(CC)C(=O)Cn1cc(S(=O)(=O)c2ccc(C)cc2)c2ccccc21. The van der Waals surface area contributed by atoms with Crippen LogP contribution >= 0.6 is 0 Å². The number of hydrogen-bond acceptors (Lipinski definition) is 3. The van der Waals surface area contributed by atoms with E-state index in [0.29, 0.717) is 18.5 Å². The second kappa shape index (κ2) is 7.56. The number of aromatic nitrogens is 1. The molecule has 27 heavy (non-hydrogen) atoms. The molecular formula is C21H24N2O3S. The Labute approximate surface area is 160 Å². The molecule has 0 saturated heterocycles. The highest BCUT2D eigenvalue weighted by Crippen LogP contribution is 2.30. The molecule has 1 aromatic heterocycles. The molecular weight excluding hydrogens is 360 g/mol. The Bertz CT molecular complexity index is 1060. The van der Waals surface area contributed by atoms with Crippen molar-refractivity contribution >= 4 is 26.6 Å². The van der Waals surface area contributed by atoms with Crippen LogP contribution in [0.3, 0.4) is 0 Å². The van der Waals surface area contributed by atoms with E-state index in [4.69, 9.17) is 0 Å². The molecule has 142 valence electrons. The molecule has 0 spiro atoms. The molecule has 0 radical (unpaired) electrons. The second-order valence-corrected chi connectivity index (χ2v) is 8.44. The highest BCUT2D eigenvalue weighted by Gasteiger charge is 2.24. The lowest BCUT2D eigenvalue weighted by Gasteiger charge is -2.19. The summed E-state index contributed by atoms with van der Waals surface area (Å²) in [5.74, 6) is -0.0277. The minimum atomic E-state index is -3.67. The number of carbonyl (C=O) groups is 1. The molecule has 2 aromatic carbocycles. The minimum Gasteiger partial charge on any atom is -0.342 e. The molecule has 0 aliphatic heterocycles. The summed E-state index contributed by atoms with van der Waals surface area (Å²) in [5.41, 5.74) is 1.74. The van der Waals surface area contributed by atoms with E-state index in [1.165, 1.54) is 0 Å². The van der Waals surface area contributed by atoms with Crippen molar-refractivity contribution in [1.29, 1.82) is 0 Å². The highest BCUT2D eigenvalue weighted by molar-refractivity contribution is 7.91. The highest BCUT2D eigenvalue weighted by atomic mass is 32.2. The lowest BCUT2D eigenvalue weighted by Crippen LogP contribution is -2.33.